The zero-order valence-electron chi connectivity index (χ0n) is 17.6. The van der Waals surface area contributed by atoms with Gasteiger partial charge in [0.1, 0.15) is 0 Å². The third kappa shape index (κ3) is 4.67. The molecule has 1 aliphatic carbocycles. The van der Waals surface area contributed by atoms with Crippen molar-refractivity contribution in [1.82, 2.24) is 14.9 Å². The Kier molecular flexibility index (Phi) is 7.11. The molecule has 1 amide bonds. The summed E-state index contributed by atoms with van der Waals surface area (Å²) in [5.41, 5.74) is 2.87. The summed E-state index contributed by atoms with van der Waals surface area (Å²) in [6.45, 7) is 0.0627. The van der Waals surface area contributed by atoms with Crippen LogP contribution in [0.3, 0.4) is 0 Å². The molecule has 1 aliphatic rings. The van der Waals surface area contributed by atoms with Gasteiger partial charge >= 0.3 is 0 Å². The Labute approximate surface area is 202 Å². The number of benzene rings is 2. The van der Waals surface area contributed by atoms with Gasteiger partial charge in [-0.15, -0.1) is 0 Å². The Balaban J connectivity index is 1.78. The zero-order chi connectivity index (χ0) is 22.8. The van der Waals surface area contributed by atoms with Gasteiger partial charge in [-0.1, -0.05) is 59.8 Å². The van der Waals surface area contributed by atoms with E-state index in [2.05, 4.69) is 5.32 Å². The first-order valence-electron chi connectivity index (χ1n) is 10.6. The SMILES string of the molecule is Cn1c(C(=O)N[C@H]2CCCC[C@H]2CO)nc(-c2ccc(Cl)cc2Cl)c1-c1ccc(Cl)cc1. The highest BCUT2D eigenvalue weighted by atomic mass is 35.5. The minimum Gasteiger partial charge on any atom is -0.396 e. The molecule has 168 valence electrons. The number of aliphatic hydroxyl groups is 1. The van der Waals surface area contributed by atoms with Gasteiger partial charge in [0.15, 0.2) is 5.82 Å². The molecule has 1 aromatic heterocycles. The van der Waals surface area contributed by atoms with Crippen LogP contribution in [-0.4, -0.2) is 33.2 Å². The van der Waals surface area contributed by atoms with E-state index in [9.17, 15) is 9.90 Å². The molecule has 2 aromatic carbocycles. The Hall–Kier alpha value is -2.05. The lowest BCUT2D eigenvalue weighted by atomic mass is 9.85. The number of carbonyl (C=O) groups is 1. The normalized spacial score (nSPS) is 18.5. The highest BCUT2D eigenvalue weighted by molar-refractivity contribution is 6.36. The van der Waals surface area contributed by atoms with Crippen molar-refractivity contribution >= 4 is 40.7 Å². The van der Waals surface area contributed by atoms with Crippen molar-refractivity contribution in [3.05, 3.63) is 63.4 Å². The lowest BCUT2D eigenvalue weighted by Crippen LogP contribution is -2.44. The topological polar surface area (TPSA) is 67.2 Å². The van der Waals surface area contributed by atoms with Crippen LogP contribution in [-0.2, 0) is 7.05 Å². The van der Waals surface area contributed by atoms with Crippen molar-refractivity contribution in [2.24, 2.45) is 13.0 Å². The van der Waals surface area contributed by atoms with Gasteiger partial charge in [0.25, 0.3) is 5.91 Å². The molecule has 0 bridgehead atoms. The van der Waals surface area contributed by atoms with E-state index in [0.29, 0.717) is 26.3 Å². The second kappa shape index (κ2) is 9.84. The van der Waals surface area contributed by atoms with Crippen LogP contribution >= 0.6 is 34.8 Å². The first-order chi connectivity index (χ1) is 15.4. The number of amides is 1. The highest BCUT2D eigenvalue weighted by Gasteiger charge is 2.29. The second-order valence-electron chi connectivity index (χ2n) is 8.13. The maximum Gasteiger partial charge on any atom is 0.287 e. The minimum atomic E-state index is -0.274. The first kappa shape index (κ1) is 23.1. The lowest BCUT2D eigenvalue weighted by molar-refractivity contribution is 0.0859. The Morgan fingerprint density at radius 3 is 2.47 bits per heavy atom. The van der Waals surface area contributed by atoms with Gasteiger partial charge in [0, 0.05) is 46.8 Å². The molecule has 4 rings (SSSR count). The molecule has 0 aliphatic heterocycles. The van der Waals surface area contributed by atoms with E-state index >= 15 is 0 Å². The summed E-state index contributed by atoms with van der Waals surface area (Å²) < 4.78 is 1.77. The van der Waals surface area contributed by atoms with Crippen molar-refractivity contribution in [2.45, 2.75) is 31.7 Å². The summed E-state index contributed by atoms with van der Waals surface area (Å²) in [6, 6.07) is 12.5. The molecule has 5 nitrogen and oxygen atoms in total. The number of aromatic nitrogens is 2. The van der Waals surface area contributed by atoms with Crippen LogP contribution in [0.25, 0.3) is 22.5 Å². The van der Waals surface area contributed by atoms with Gasteiger partial charge in [0.2, 0.25) is 0 Å². The number of rotatable bonds is 5. The number of hydrogen-bond acceptors (Lipinski definition) is 3. The molecule has 8 heteroatoms. The maximum atomic E-state index is 13.3. The van der Waals surface area contributed by atoms with E-state index < -0.39 is 0 Å². The average Bonchev–Trinajstić information content (AvgIpc) is 3.11. The zero-order valence-corrected chi connectivity index (χ0v) is 19.9. The Morgan fingerprint density at radius 1 is 1.09 bits per heavy atom. The lowest BCUT2D eigenvalue weighted by Gasteiger charge is -2.30. The van der Waals surface area contributed by atoms with Crippen LogP contribution < -0.4 is 5.32 Å². The summed E-state index contributed by atoms with van der Waals surface area (Å²) in [5.74, 6) is 0.0662. The van der Waals surface area contributed by atoms with E-state index in [4.69, 9.17) is 39.8 Å². The maximum absolute atomic E-state index is 13.3. The molecule has 3 aromatic rings. The molecule has 0 unspecified atom stereocenters. The fourth-order valence-electron chi connectivity index (χ4n) is 4.36. The van der Waals surface area contributed by atoms with E-state index in [-0.39, 0.29) is 30.3 Å². The molecule has 0 saturated heterocycles. The molecule has 1 heterocycles. The van der Waals surface area contributed by atoms with Crippen LogP contribution in [0.15, 0.2) is 42.5 Å². The largest absolute Gasteiger partial charge is 0.396 e. The molecular weight excluding hydrogens is 469 g/mol. The number of imidazole rings is 1. The van der Waals surface area contributed by atoms with Crippen molar-refractivity contribution in [3.8, 4) is 22.5 Å². The molecule has 32 heavy (non-hydrogen) atoms. The minimum absolute atomic E-state index is 0.0627. The van der Waals surface area contributed by atoms with Gasteiger partial charge in [-0.2, -0.15) is 0 Å². The summed E-state index contributed by atoms with van der Waals surface area (Å²) >= 11 is 18.7. The molecule has 2 N–H and O–H groups in total. The van der Waals surface area contributed by atoms with Gasteiger partial charge < -0.3 is 15.0 Å². The highest BCUT2D eigenvalue weighted by Crippen LogP contribution is 2.37. The van der Waals surface area contributed by atoms with Crippen molar-refractivity contribution in [2.75, 3.05) is 6.61 Å². The number of aliphatic hydroxyl groups excluding tert-OH is 1. The number of hydrogen-bond donors (Lipinski definition) is 2. The molecule has 1 fully saturated rings. The predicted molar refractivity (Wildman–Crippen MR) is 129 cm³/mol. The van der Waals surface area contributed by atoms with Gasteiger partial charge in [-0.3, -0.25) is 4.79 Å². The van der Waals surface area contributed by atoms with E-state index in [1.54, 1.807) is 34.9 Å². The van der Waals surface area contributed by atoms with Crippen LogP contribution in [0.4, 0.5) is 0 Å². The molecule has 1 saturated carbocycles. The average molecular weight is 493 g/mol. The van der Waals surface area contributed by atoms with Crippen LogP contribution in [0.2, 0.25) is 15.1 Å². The summed E-state index contributed by atoms with van der Waals surface area (Å²) in [4.78, 5) is 18.0. The van der Waals surface area contributed by atoms with E-state index in [1.165, 1.54) is 0 Å². The van der Waals surface area contributed by atoms with Crippen molar-refractivity contribution < 1.29 is 9.90 Å². The Bertz CT molecular complexity index is 1130. The fourth-order valence-corrected chi connectivity index (χ4v) is 4.98. The van der Waals surface area contributed by atoms with Crippen LogP contribution in [0.5, 0.6) is 0 Å². The predicted octanol–water partition coefficient (Wildman–Crippen LogP) is 6.00. The summed E-state index contributed by atoms with van der Waals surface area (Å²) in [6.07, 6.45) is 3.86. The molecular formula is C24H24Cl3N3O2. The third-order valence-electron chi connectivity index (χ3n) is 6.06. The molecule has 2 atom stereocenters. The summed E-state index contributed by atoms with van der Waals surface area (Å²) in [7, 11) is 1.81. The Morgan fingerprint density at radius 2 is 1.78 bits per heavy atom. The number of carbonyl (C=O) groups excluding carboxylic acids is 1. The van der Waals surface area contributed by atoms with Crippen molar-refractivity contribution in [1.29, 1.82) is 0 Å². The second-order valence-corrected chi connectivity index (χ2v) is 9.41. The standard InChI is InChI=1S/C24H24Cl3N3O2/c1-30-22(14-6-8-16(25)9-7-14)21(18-11-10-17(26)12-19(18)27)29-23(30)24(32)28-20-5-3-2-4-15(20)13-31/h6-12,15,20,31H,2-5,13H2,1H3,(H,28,32)/t15-,20-/m0/s1. The van der Waals surface area contributed by atoms with Crippen LogP contribution in [0, 0.1) is 5.92 Å². The number of nitrogens with zero attached hydrogens (tertiary/aromatic N) is 2. The number of halogens is 3. The third-order valence-corrected chi connectivity index (χ3v) is 6.86. The van der Waals surface area contributed by atoms with E-state index in [0.717, 1.165) is 36.9 Å². The van der Waals surface area contributed by atoms with Gasteiger partial charge in [-0.25, -0.2) is 4.98 Å². The molecule has 0 radical (unpaired) electrons. The van der Waals surface area contributed by atoms with Gasteiger partial charge in [-0.05, 0) is 43.2 Å². The monoisotopic (exact) mass is 491 g/mol. The first-order valence-corrected chi connectivity index (χ1v) is 11.7. The summed E-state index contributed by atoms with van der Waals surface area (Å²) in [5, 5.41) is 14.4. The van der Waals surface area contributed by atoms with Gasteiger partial charge in [0.05, 0.1) is 16.4 Å². The fraction of sp³-hybridized carbons (Fsp3) is 0.333. The molecule has 0 spiro atoms. The quantitative estimate of drug-likeness (QED) is 0.459. The van der Waals surface area contributed by atoms with Crippen molar-refractivity contribution in [3.63, 3.8) is 0 Å². The number of nitrogens with one attached hydrogen (secondary N) is 1. The van der Waals surface area contributed by atoms with Crippen LogP contribution in [0.1, 0.15) is 36.3 Å². The van der Waals surface area contributed by atoms with E-state index in [1.807, 2.05) is 19.2 Å². The smallest absolute Gasteiger partial charge is 0.287 e.